The van der Waals surface area contributed by atoms with Gasteiger partial charge in [-0.05, 0) is 44.0 Å². The normalized spacial score (nSPS) is 15.5. The van der Waals surface area contributed by atoms with E-state index in [4.69, 9.17) is 16.3 Å². The summed E-state index contributed by atoms with van der Waals surface area (Å²) < 4.78 is 5.75. The van der Waals surface area contributed by atoms with Crippen LogP contribution in [0.2, 0.25) is 5.02 Å². The Hall–Kier alpha value is -0.870. The summed E-state index contributed by atoms with van der Waals surface area (Å²) >= 11 is 5.87. The third kappa shape index (κ3) is 7.09. The molecule has 0 aromatic heterocycles. The highest BCUT2D eigenvalue weighted by atomic mass is 35.5. The molecule has 4 heteroatoms. The van der Waals surface area contributed by atoms with Gasteiger partial charge in [-0.25, -0.2) is 0 Å². The van der Waals surface area contributed by atoms with Crippen LogP contribution in [0.5, 0.6) is 0 Å². The number of aliphatic hydroxyl groups excluding tert-OH is 1. The molecule has 0 aliphatic rings. The zero-order valence-electron chi connectivity index (χ0n) is 13.2. The summed E-state index contributed by atoms with van der Waals surface area (Å²) in [6, 6.07) is 7.60. The van der Waals surface area contributed by atoms with E-state index in [1.807, 2.05) is 38.1 Å². The van der Waals surface area contributed by atoms with Gasteiger partial charge < -0.3 is 14.7 Å². The number of ether oxygens (including phenoxy) is 1. The first-order valence-electron chi connectivity index (χ1n) is 7.45. The van der Waals surface area contributed by atoms with Gasteiger partial charge in [0, 0.05) is 5.02 Å². The van der Waals surface area contributed by atoms with Gasteiger partial charge in [-0.2, -0.15) is 0 Å². The molecule has 0 fully saturated rings. The number of likely N-dealkylation sites (N-methyl/N-ethyl adjacent to an activating group) is 1. The van der Waals surface area contributed by atoms with Crippen LogP contribution in [-0.4, -0.2) is 37.5 Å². The Morgan fingerprint density at radius 3 is 2.52 bits per heavy atom. The second kappa shape index (κ2) is 9.21. The van der Waals surface area contributed by atoms with Gasteiger partial charge in [0.2, 0.25) is 0 Å². The standard InChI is InChI=1S/C17H26ClNO2/c1-5-19(10-13(2)3)11-17(20)12-21-14(4)15-6-8-16(18)9-7-15/h6-9,14,17,20H,2,5,10-12H2,1,3-4H3/p+1/t14-,17+/m0/s1. The molecule has 21 heavy (non-hydrogen) atoms. The van der Waals surface area contributed by atoms with E-state index < -0.39 is 6.10 Å². The topological polar surface area (TPSA) is 33.9 Å². The number of aliphatic hydroxyl groups is 1. The Morgan fingerprint density at radius 2 is 2.00 bits per heavy atom. The van der Waals surface area contributed by atoms with Gasteiger partial charge in [0.1, 0.15) is 12.6 Å². The van der Waals surface area contributed by atoms with E-state index in [0.29, 0.717) is 18.2 Å². The summed E-state index contributed by atoms with van der Waals surface area (Å²) in [6.07, 6.45) is -0.516. The lowest BCUT2D eigenvalue weighted by Gasteiger charge is -2.22. The van der Waals surface area contributed by atoms with Crippen LogP contribution >= 0.6 is 11.6 Å². The summed E-state index contributed by atoms with van der Waals surface area (Å²) in [5.41, 5.74) is 2.20. The van der Waals surface area contributed by atoms with Gasteiger partial charge in [-0.3, -0.25) is 0 Å². The summed E-state index contributed by atoms with van der Waals surface area (Å²) in [5.74, 6) is 0. The summed E-state index contributed by atoms with van der Waals surface area (Å²) in [6.45, 7) is 12.9. The SMILES string of the molecule is C=C(C)C[NH+](CC)C[C@@H](O)CO[C@@H](C)c1ccc(Cl)cc1. The molecule has 0 saturated carbocycles. The molecule has 0 heterocycles. The van der Waals surface area contributed by atoms with Crippen LogP contribution in [0.3, 0.4) is 0 Å². The quantitative estimate of drug-likeness (QED) is 0.686. The van der Waals surface area contributed by atoms with Crippen LogP contribution in [0.1, 0.15) is 32.4 Å². The molecule has 3 atom stereocenters. The van der Waals surface area contributed by atoms with E-state index in [1.54, 1.807) is 0 Å². The fourth-order valence-electron chi connectivity index (χ4n) is 2.25. The van der Waals surface area contributed by atoms with Crippen molar-refractivity contribution in [2.45, 2.75) is 33.0 Å². The van der Waals surface area contributed by atoms with Crippen molar-refractivity contribution in [1.29, 1.82) is 0 Å². The molecular formula is C17H27ClNO2+. The molecule has 0 amide bonds. The van der Waals surface area contributed by atoms with Gasteiger partial charge in [0.05, 0.1) is 25.8 Å². The van der Waals surface area contributed by atoms with Crippen molar-refractivity contribution >= 4 is 11.6 Å². The van der Waals surface area contributed by atoms with Crippen molar-refractivity contribution in [3.63, 3.8) is 0 Å². The van der Waals surface area contributed by atoms with E-state index in [1.165, 1.54) is 4.90 Å². The lowest BCUT2D eigenvalue weighted by atomic mass is 10.1. The molecule has 1 rings (SSSR count). The molecule has 1 unspecified atom stereocenters. The van der Waals surface area contributed by atoms with E-state index in [9.17, 15) is 5.11 Å². The van der Waals surface area contributed by atoms with Crippen molar-refractivity contribution in [1.82, 2.24) is 0 Å². The maximum absolute atomic E-state index is 10.1. The van der Waals surface area contributed by atoms with Gasteiger partial charge in [0.15, 0.2) is 0 Å². The van der Waals surface area contributed by atoms with Gasteiger partial charge in [-0.1, -0.05) is 30.3 Å². The lowest BCUT2D eigenvalue weighted by molar-refractivity contribution is -0.896. The first-order valence-corrected chi connectivity index (χ1v) is 7.83. The van der Waals surface area contributed by atoms with Crippen LogP contribution in [0, 0.1) is 0 Å². The van der Waals surface area contributed by atoms with Crippen molar-refractivity contribution in [3.05, 3.63) is 47.0 Å². The van der Waals surface area contributed by atoms with E-state index in [0.717, 1.165) is 24.2 Å². The molecule has 0 radical (unpaired) electrons. The van der Waals surface area contributed by atoms with E-state index in [2.05, 4.69) is 13.5 Å². The van der Waals surface area contributed by atoms with Crippen molar-refractivity contribution in [2.75, 3.05) is 26.2 Å². The minimum absolute atomic E-state index is 0.0527. The smallest absolute Gasteiger partial charge is 0.126 e. The summed E-state index contributed by atoms with van der Waals surface area (Å²) in [5, 5.41) is 10.8. The van der Waals surface area contributed by atoms with Crippen LogP contribution in [0.4, 0.5) is 0 Å². The molecule has 0 aliphatic carbocycles. The highest BCUT2D eigenvalue weighted by molar-refractivity contribution is 6.30. The summed E-state index contributed by atoms with van der Waals surface area (Å²) in [4.78, 5) is 1.32. The molecule has 2 N–H and O–H groups in total. The molecular weight excluding hydrogens is 286 g/mol. The largest absolute Gasteiger partial charge is 0.385 e. The molecule has 0 spiro atoms. The number of benzene rings is 1. The zero-order chi connectivity index (χ0) is 15.8. The molecule has 0 aliphatic heterocycles. The Labute approximate surface area is 133 Å². The van der Waals surface area contributed by atoms with Crippen LogP contribution in [0.15, 0.2) is 36.4 Å². The highest BCUT2D eigenvalue weighted by Gasteiger charge is 2.15. The molecule has 0 bridgehead atoms. The predicted octanol–water partition coefficient (Wildman–Crippen LogP) is 2.26. The Balaban J connectivity index is 2.39. The molecule has 118 valence electrons. The van der Waals surface area contributed by atoms with Gasteiger partial charge in [0.25, 0.3) is 0 Å². The fourth-order valence-corrected chi connectivity index (χ4v) is 2.37. The fraction of sp³-hybridized carbons (Fsp3) is 0.529. The predicted molar refractivity (Wildman–Crippen MR) is 87.9 cm³/mol. The monoisotopic (exact) mass is 312 g/mol. The number of rotatable bonds is 9. The lowest BCUT2D eigenvalue weighted by Crippen LogP contribution is -3.13. The minimum atomic E-state index is -0.464. The van der Waals surface area contributed by atoms with Gasteiger partial charge in [-0.15, -0.1) is 0 Å². The first-order chi connectivity index (χ1) is 9.92. The maximum Gasteiger partial charge on any atom is 0.126 e. The Bertz CT molecular complexity index is 433. The second-order valence-electron chi connectivity index (χ2n) is 5.62. The molecule has 1 aromatic carbocycles. The van der Waals surface area contributed by atoms with Crippen molar-refractivity contribution in [2.24, 2.45) is 0 Å². The number of halogens is 1. The summed E-state index contributed by atoms with van der Waals surface area (Å²) in [7, 11) is 0. The van der Waals surface area contributed by atoms with Crippen LogP contribution in [0.25, 0.3) is 0 Å². The molecule has 3 nitrogen and oxygen atoms in total. The first kappa shape index (κ1) is 18.2. The molecule has 0 saturated heterocycles. The average molecular weight is 313 g/mol. The minimum Gasteiger partial charge on any atom is -0.385 e. The van der Waals surface area contributed by atoms with Crippen LogP contribution in [-0.2, 0) is 4.74 Å². The third-order valence-electron chi connectivity index (χ3n) is 3.45. The van der Waals surface area contributed by atoms with E-state index in [-0.39, 0.29) is 6.10 Å². The Morgan fingerprint density at radius 1 is 1.38 bits per heavy atom. The number of nitrogens with one attached hydrogen (secondary N) is 1. The van der Waals surface area contributed by atoms with Crippen molar-refractivity contribution < 1.29 is 14.7 Å². The number of quaternary nitrogens is 1. The Kier molecular flexibility index (Phi) is 7.97. The zero-order valence-corrected chi connectivity index (χ0v) is 14.0. The third-order valence-corrected chi connectivity index (χ3v) is 3.71. The van der Waals surface area contributed by atoms with Crippen LogP contribution < -0.4 is 4.90 Å². The highest BCUT2D eigenvalue weighted by Crippen LogP contribution is 2.19. The second-order valence-corrected chi connectivity index (χ2v) is 6.06. The number of hydrogen-bond donors (Lipinski definition) is 2. The maximum atomic E-state index is 10.1. The van der Waals surface area contributed by atoms with Gasteiger partial charge >= 0.3 is 0 Å². The number of hydrogen-bond acceptors (Lipinski definition) is 2. The van der Waals surface area contributed by atoms with E-state index >= 15 is 0 Å². The molecule has 1 aromatic rings. The average Bonchev–Trinajstić information content (AvgIpc) is 2.44. The van der Waals surface area contributed by atoms with Crippen molar-refractivity contribution in [3.8, 4) is 0 Å².